The van der Waals surface area contributed by atoms with Gasteiger partial charge in [-0.05, 0) is 37.0 Å². The van der Waals surface area contributed by atoms with Gasteiger partial charge in [0.2, 0.25) is 0 Å². The topological polar surface area (TPSA) is 40.5 Å². The Morgan fingerprint density at radius 1 is 1.40 bits per heavy atom. The predicted octanol–water partition coefficient (Wildman–Crippen LogP) is 2.29. The molecule has 1 amide bonds. The van der Waals surface area contributed by atoms with Crippen LogP contribution in [0.15, 0.2) is 24.3 Å². The van der Waals surface area contributed by atoms with Crippen molar-refractivity contribution < 1.29 is 9.90 Å². The van der Waals surface area contributed by atoms with Crippen molar-refractivity contribution in [1.82, 2.24) is 4.90 Å². The molecule has 3 nitrogen and oxygen atoms in total. The summed E-state index contributed by atoms with van der Waals surface area (Å²) in [7, 11) is 0. The third-order valence-corrected chi connectivity index (χ3v) is 3.65. The van der Waals surface area contributed by atoms with E-state index < -0.39 is 0 Å². The zero-order chi connectivity index (χ0) is 14.4. The molecule has 1 aromatic carbocycles. The average Bonchev–Trinajstić information content (AvgIpc) is 2.48. The number of benzene rings is 1. The molecule has 1 N–H and O–H groups in total. The SMILES string of the molecule is CC1CCN(C(=O)c2cccc(C#CCCO)c2)CC1. The third-order valence-electron chi connectivity index (χ3n) is 3.65. The summed E-state index contributed by atoms with van der Waals surface area (Å²) in [5.74, 6) is 6.67. The lowest BCUT2D eigenvalue weighted by Crippen LogP contribution is -2.37. The van der Waals surface area contributed by atoms with E-state index in [0.717, 1.165) is 37.4 Å². The van der Waals surface area contributed by atoms with Crippen molar-refractivity contribution in [2.75, 3.05) is 19.7 Å². The van der Waals surface area contributed by atoms with E-state index >= 15 is 0 Å². The summed E-state index contributed by atoms with van der Waals surface area (Å²) in [5, 5.41) is 8.72. The molecule has 1 heterocycles. The molecule has 0 saturated carbocycles. The molecule has 0 atom stereocenters. The van der Waals surface area contributed by atoms with Gasteiger partial charge in [-0.1, -0.05) is 24.8 Å². The first-order valence-corrected chi connectivity index (χ1v) is 7.20. The first-order valence-electron chi connectivity index (χ1n) is 7.20. The van der Waals surface area contributed by atoms with Crippen molar-refractivity contribution in [2.24, 2.45) is 5.92 Å². The Balaban J connectivity index is 2.07. The number of nitrogens with zero attached hydrogens (tertiary/aromatic N) is 1. The monoisotopic (exact) mass is 271 g/mol. The van der Waals surface area contributed by atoms with Crippen LogP contribution in [-0.2, 0) is 0 Å². The number of hydrogen-bond acceptors (Lipinski definition) is 2. The maximum Gasteiger partial charge on any atom is 0.253 e. The number of amides is 1. The fourth-order valence-electron chi connectivity index (χ4n) is 2.34. The molecule has 1 saturated heterocycles. The molecule has 3 heteroatoms. The Morgan fingerprint density at radius 2 is 2.15 bits per heavy atom. The summed E-state index contributed by atoms with van der Waals surface area (Å²) < 4.78 is 0. The van der Waals surface area contributed by atoms with Crippen LogP contribution in [-0.4, -0.2) is 35.6 Å². The first-order chi connectivity index (χ1) is 9.70. The fraction of sp³-hybridized carbons (Fsp3) is 0.471. The minimum Gasteiger partial charge on any atom is -0.395 e. The van der Waals surface area contributed by atoms with Gasteiger partial charge < -0.3 is 10.0 Å². The number of aliphatic hydroxyl groups is 1. The Hall–Kier alpha value is -1.79. The smallest absolute Gasteiger partial charge is 0.253 e. The van der Waals surface area contributed by atoms with Crippen molar-refractivity contribution in [2.45, 2.75) is 26.2 Å². The second-order valence-electron chi connectivity index (χ2n) is 5.33. The van der Waals surface area contributed by atoms with Crippen LogP contribution < -0.4 is 0 Å². The number of hydrogen-bond donors (Lipinski definition) is 1. The van der Waals surface area contributed by atoms with Crippen LogP contribution in [0.5, 0.6) is 0 Å². The van der Waals surface area contributed by atoms with Gasteiger partial charge in [-0.15, -0.1) is 0 Å². The molecular formula is C17H21NO2. The van der Waals surface area contributed by atoms with Crippen molar-refractivity contribution in [1.29, 1.82) is 0 Å². The van der Waals surface area contributed by atoms with Gasteiger partial charge >= 0.3 is 0 Å². The minimum atomic E-state index is 0.0670. The molecule has 1 aliphatic heterocycles. The van der Waals surface area contributed by atoms with E-state index in [9.17, 15) is 4.79 Å². The number of piperidine rings is 1. The standard InChI is InChI=1S/C17H21NO2/c1-14-8-10-18(11-9-14)17(20)16-7-4-6-15(13-16)5-2-3-12-19/h4,6-7,13-14,19H,3,8-12H2,1H3. The second-order valence-corrected chi connectivity index (χ2v) is 5.33. The molecule has 0 spiro atoms. The minimum absolute atomic E-state index is 0.0670. The van der Waals surface area contributed by atoms with Gasteiger partial charge in [-0.3, -0.25) is 4.79 Å². The molecular weight excluding hydrogens is 250 g/mol. The van der Waals surface area contributed by atoms with Crippen molar-refractivity contribution >= 4 is 5.91 Å². The van der Waals surface area contributed by atoms with Gasteiger partial charge in [0.1, 0.15) is 0 Å². The molecule has 0 bridgehead atoms. The number of carbonyl (C=O) groups excluding carboxylic acids is 1. The lowest BCUT2D eigenvalue weighted by molar-refractivity contribution is 0.0697. The molecule has 0 aliphatic carbocycles. The molecule has 0 aromatic heterocycles. The van der Waals surface area contributed by atoms with Gasteiger partial charge in [0.05, 0.1) is 6.61 Å². The molecule has 20 heavy (non-hydrogen) atoms. The zero-order valence-electron chi connectivity index (χ0n) is 11.9. The van der Waals surface area contributed by atoms with Crippen LogP contribution in [0.1, 0.15) is 42.1 Å². The Kier molecular flexibility index (Phi) is 5.20. The van der Waals surface area contributed by atoms with Crippen molar-refractivity contribution in [3.8, 4) is 11.8 Å². The average molecular weight is 271 g/mol. The fourth-order valence-corrected chi connectivity index (χ4v) is 2.34. The first kappa shape index (κ1) is 14.6. The highest BCUT2D eigenvalue weighted by molar-refractivity contribution is 5.94. The maximum atomic E-state index is 12.4. The van der Waals surface area contributed by atoms with Crippen LogP contribution in [0.25, 0.3) is 0 Å². The van der Waals surface area contributed by atoms with Gasteiger partial charge in [0, 0.05) is 30.6 Å². The molecule has 2 rings (SSSR count). The van der Waals surface area contributed by atoms with Crippen molar-refractivity contribution in [3.63, 3.8) is 0 Å². The number of rotatable bonds is 2. The maximum absolute atomic E-state index is 12.4. The summed E-state index contributed by atoms with van der Waals surface area (Å²) >= 11 is 0. The Morgan fingerprint density at radius 3 is 2.85 bits per heavy atom. The third kappa shape index (κ3) is 3.85. The van der Waals surface area contributed by atoms with Crippen LogP contribution in [0, 0.1) is 17.8 Å². The Labute approximate surface area is 120 Å². The number of carbonyl (C=O) groups is 1. The summed E-state index contributed by atoms with van der Waals surface area (Å²) in [6, 6.07) is 7.44. The van der Waals surface area contributed by atoms with Crippen LogP contribution in [0.2, 0.25) is 0 Å². The number of likely N-dealkylation sites (tertiary alicyclic amines) is 1. The van der Waals surface area contributed by atoms with Gasteiger partial charge in [0.25, 0.3) is 5.91 Å². The predicted molar refractivity (Wildman–Crippen MR) is 79.3 cm³/mol. The van der Waals surface area contributed by atoms with Crippen LogP contribution in [0.3, 0.4) is 0 Å². The second kappa shape index (κ2) is 7.12. The normalized spacial score (nSPS) is 15.6. The molecule has 0 unspecified atom stereocenters. The van der Waals surface area contributed by atoms with Gasteiger partial charge in [-0.25, -0.2) is 0 Å². The van der Waals surface area contributed by atoms with Gasteiger partial charge in [-0.2, -0.15) is 0 Å². The summed E-state index contributed by atoms with van der Waals surface area (Å²) in [6.07, 6.45) is 2.63. The summed E-state index contributed by atoms with van der Waals surface area (Å²) in [4.78, 5) is 14.4. The van der Waals surface area contributed by atoms with Crippen molar-refractivity contribution in [3.05, 3.63) is 35.4 Å². The molecule has 1 fully saturated rings. The number of aliphatic hydroxyl groups excluding tert-OH is 1. The van der Waals surface area contributed by atoms with E-state index in [1.807, 2.05) is 29.2 Å². The molecule has 1 aromatic rings. The Bertz CT molecular complexity index is 519. The zero-order valence-corrected chi connectivity index (χ0v) is 11.9. The largest absolute Gasteiger partial charge is 0.395 e. The highest BCUT2D eigenvalue weighted by atomic mass is 16.2. The quantitative estimate of drug-likeness (QED) is 0.838. The highest BCUT2D eigenvalue weighted by Gasteiger charge is 2.21. The molecule has 106 valence electrons. The van der Waals surface area contributed by atoms with E-state index in [0.29, 0.717) is 12.0 Å². The summed E-state index contributed by atoms with van der Waals surface area (Å²) in [6.45, 7) is 4.00. The van der Waals surface area contributed by atoms with E-state index in [1.54, 1.807) is 0 Å². The van der Waals surface area contributed by atoms with Crippen LogP contribution in [0.4, 0.5) is 0 Å². The lowest BCUT2D eigenvalue weighted by Gasteiger charge is -2.30. The van der Waals surface area contributed by atoms with E-state index in [2.05, 4.69) is 18.8 Å². The summed E-state index contributed by atoms with van der Waals surface area (Å²) in [5.41, 5.74) is 1.53. The van der Waals surface area contributed by atoms with E-state index in [-0.39, 0.29) is 12.5 Å². The van der Waals surface area contributed by atoms with E-state index in [1.165, 1.54) is 0 Å². The van der Waals surface area contributed by atoms with Crippen LogP contribution >= 0.6 is 0 Å². The van der Waals surface area contributed by atoms with E-state index in [4.69, 9.17) is 5.11 Å². The highest BCUT2D eigenvalue weighted by Crippen LogP contribution is 2.18. The molecule has 1 aliphatic rings. The van der Waals surface area contributed by atoms with Gasteiger partial charge in [0.15, 0.2) is 0 Å². The lowest BCUT2D eigenvalue weighted by atomic mass is 9.98. The molecule has 0 radical (unpaired) electrons.